The zero-order chi connectivity index (χ0) is 13.1. The lowest BCUT2D eigenvalue weighted by Crippen LogP contribution is -1.99. The van der Waals surface area contributed by atoms with Crippen LogP contribution in [0, 0.1) is 6.92 Å². The highest BCUT2D eigenvalue weighted by Gasteiger charge is 2.20. The summed E-state index contributed by atoms with van der Waals surface area (Å²) < 4.78 is 5.38. The highest BCUT2D eigenvalue weighted by atomic mass is 16.4. The molecule has 4 heteroatoms. The van der Waals surface area contributed by atoms with Crippen molar-refractivity contribution in [1.29, 1.82) is 0 Å². The first-order valence-electron chi connectivity index (χ1n) is 5.92. The maximum Gasteiger partial charge on any atom is 0.373 e. The van der Waals surface area contributed by atoms with Crippen molar-refractivity contribution < 1.29 is 14.3 Å². The van der Waals surface area contributed by atoms with Gasteiger partial charge in [-0.2, -0.15) is 0 Å². The molecule has 0 atom stereocenters. The lowest BCUT2D eigenvalue weighted by Gasteiger charge is -1.99. The third-order valence-corrected chi connectivity index (χ3v) is 2.75. The van der Waals surface area contributed by atoms with Crippen molar-refractivity contribution in [2.45, 2.75) is 26.7 Å². The molecule has 0 saturated carbocycles. The van der Waals surface area contributed by atoms with Crippen LogP contribution in [0.25, 0.3) is 11.5 Å². The fourth-order valence-corrected chi connectivity index (χ4v) is 1.85. The van der Waals surface area contributed by atoms with Crippen LogP contribution < -0.4 is 0 Å². The first-order valence-corrected chi connectivity index (χ1v) is 5.92. The van der Waals surface area contributed by atoms with Crippen molar-refractivity contribution in [3.8, 4) is 11.5 Å². The Labute approximate surface area is 105 Å². The average Bonchev–Trinajstić information content (AvgIpc) is 2.74. The fraction of sp³-hybridized carbons (Fsp3) is 0.286. The molecular formula is C14H15NO3. The van der Waals surface area contributed by atoms with E-state index in [0.717, 1.165) is 17.5 Å². The Bertz CT molecular complexity index is 572. The topological polar surface area (TPSA) is 63.3 Å². The maximum absolute atomic E-state index is 11.1. The summed E-state index contributed by atoms with van der Waals surface area (Å²) in [6.07, 6.45) is 1.44. The SMILES string of the molecule is CCCc1nc(-c2ccccc2C)oc1C(=O)O. The second-order valence-electron chi connectivity index (χ2n) is 4.16. The molecular weight excluding hydrogens is 230 g/mol. The van der Waals surface area contributed by atoms with Gasteiger partial charge in [-0.05, 0) is 25.0 Å². The highest BCUT2D eigenvalue weighted by molar-refractivity contribution is 5.86. The number of oxazole rings is 1. The largest absolute Gasteiger partial charge is 0.475 e. The quantitative estimate of drug-likeness (QED) is 0.897. The van der Waals surface area contributed by atoms with Crippen molar-refractivity contribution >= 4 is 5.97 Å². The van der Waals surface area contributed by atoms with Gasteiger partial charge in [0, 0.05) is 5.56 Å². The Morgan fingerprint density at radius 1 is 1.39 bits per heavy atom. The number of nitrogens with zero attached hydrogens (tertiary/aromatic N) is 1. The second-order valence-corrected chi connectivity index (χ2v) is 4.16. The van der Waals surface area contributed by atoms with E-state index in [1.165, 1.54) is 0 Å². The molecule has 94 valence electrons. The molecule has 0 spiro atoms. The number of benzene rings is 1. The van der Waals surface area contributed by atoms with Crippen LogP contribution >= 0.6 is 0 Å². The number of hydrogen-bond acceptors (Lipinski definition) is 3. The number of rotatable bonds is 4. The molecule has 1 heterocycles. The Balaban J connectivity index is 2.50. The van der Waals surface area contributed by atoms with Gasteiger partial charge in [-0.15, -0.1) is 0 Å². The summed E-state index contributed by atoms with van der Waals surface area (Å²) in [4.78, 5) is 15.4. The average molecular weight is 245 g/mol. The number of aromatic nitrogens is 1. The molecule has 0 aliphatic carbocycles. The number of carbonyl (C=O) groups is 1. The molecule has 4 nitrogen and oxygen atoms in total. The number of carboxylic acid groups (broad SMARTS) is 1. The monoisotopic (exact) mass is 245 g/mol. The van der Waals surface area contributed by atoms with Gasteiger partial charge in [-0.25, -0.2) is 9.78 Å². The van der Waals surface area contributed by atoms with Crippen molar-refractivity contribution in [2.24, 2.45) is 0 Å². The molecule has 0 fully saturated rings. The van der Waals surface area contributed by atoms with Crippen molar-refractivity contribution in [1.82, 2.24) is 4.98 Å². The number of aromatic carboxylic acids is 1. The minimum atomic E-state index is -1.06. The first kappa shape index (κ1) is 12.4. The Hall–Kier alpha value is -2.10. The van der Waals surface area contributed by atoms with Crippen LogP contribution in [-0.2, 0) is 6.42 Å². The summed E-state index contributed by atoms with van der Waals surface area (Å²) in [7, 11) is 0. The predicted molar refractivity (Wildman–Crippen MR) is 67.6 cm³/mol. The van der Waals surface area contributed by atoms with E-state index in [-0.39, 0.29) is 5.76 Å². The molecule has 0 saturated heterocycles. The molecule has 0 bridgehead atoms. The summed E-state index contributed by atoms with van der Waals surface area (Å²) in [5, 5.41) is 9.09. The molecule has 1 aromatic heterocycles. The molecule has 0 radical (unpaired) electrons. The van der Waals surface area contributed by atoms with E-state index in [4.69, 9.17) is 9.52 Å². The lowest BCUT2D eigenvalue weighted by atomic mass is 10.1. The molecule has 1 aromatic carbocycles. The van der Waals surface area contributed by atoms with Crippen LogP contribution in [0.15, 0.2) is 28.7 Å². The smallest absolute Gasteiger partial charge is 0.373 e. The van der Waals surface area contributed by atoms with Gasteiger partial charge < -0.3 is 9.52 Å². The molecule has 0 unspecified atom stereocenters. The van der Waals surface area contributed by atoms with Gasteiger partial charge in [0.15, 0.2) is 0 Å². The van der Waals surface area contributed by atoms with Crippen LogP contribution in [0.4, 0.5) is 0 Å². The molecule has 2 rings (SSSR count). The second kappa shape index (κ2) is 5.04. The van der Waals surface area contributed by atoms with Gasteiger partial charge in [0.1, 0.15) is 0 Å². The van der Waals surface area contributed by atoms with Gasteiger partial charge in [0.05, 0.1) is 5.69 Å². The van der Waals surface area contributed by atoms with Crippen LogP contribution in [-0.4, -0.2) is 16.1 Å². The predicted octanol–water partition coefficient (Wildman–Crippen LogP) is 3.30. The van der Waals surface area contributed by atoms with E-state index >= 15 is 0 Å². The zero-order valence-corrected chi connectivity index (χ0v) is 10.4. The lowest BCUT2D eigenvalue weighted by molar-refractivity contribution is 0.0661. The van der Waals surface area contributed by atoms with Crippen LogP contribution in [0.5, 0.6) is 0 Å². The Morgan fingerprint density at radius 3 is 2.72 bits per heavy atom. The third kappa shape index (κ3) is 2.27. The van der Waals surface area contributed by atoms with Gasteiger partial charge in [0.25, 0.3) is 0 Å². The minimum absolute atomic E-state index is 0.0462. The summed E-state index contributed by atoms with van der Waals surface area (Å²) in [5.74, 6) is -0.727. The van der Waals surface area contributed by atoms with E-state index in [1.54, 1.807) is 0 Å². The number of carboxylic acids is 1. The Kier molecular flexibility index (Phi) is 3.46. The van der Waals surface area contributed by atoms with Crippen LogP contribution in [0.1, 0.15) is 35.2 Å². The summed E-state index contributed by atoms with van der Waals surface area (Å²) in [5.41, 5.74) is 2.37. The van der Waals surface area contributed by atoms with Crippen molar-refractivity contribution in [3.05, 3.63) is 41.3 Å². The van der Waals surface area contributed by atoms with E-state index in [0.29, 0.717) is 18.0 Å². The number of aryl methyl sites for hydroxylation is 2. The summed E-state index contributed by atoms with van der Waals surface area (Å²) >= 11 is 0. The van der Waals surface area contributed by atoms with E-state index < -0.39 is 5.97 Å². The first-order chi connectivity index (χ1) is 8.63. The van der Waals surface area contributed by atoms with Crippen LogP contribution in [0.2, 0.25) is 0 Å². The molecule has 1 N–H and O–H groups in total. The minimum Gasteiger partial charge on any atom is -0.475 e. The molecule has 18 heavy (non-hydrogen) atoms. The third-order valence-electron chi connectivity index (χ3n) is 2.75. The highest BCUT2D eigenvalue weighted by Crippen LogP contribution is 2.25. The van der Waals surface area contributed by atoms with Gasteiger partial charge >= 0.3 is 5.97 Å². The van der Waals surface area contributed by atoms with Gasteiger partial charge in [-0.1, -0.05) is 31.5 Å². The molecule has 2 aromatic rings. The summed E-state index contributed by atoms with van der Waals surface area (Å²) in [6, 6.07) is 7.63. The summed E-state index contributed by atoms with van der Waals surface area (Å²) in [6.45, 7) is 3.92. The molecule has 0 aliphatic rings. The van der Waals surface area contributed by atoms with Crippen LogP contribution in [0.3, 0.4) is 0 Å². The van der Waals surface area contributed by atoms with E-state index in [2.05, 4.69) is 4.98 Å². The van der Waals surface area contributed by atoms with E-state index in [1.807, 2.05) is 38.1 Å². The number of hydrogen-bond donors (Lipinski definition) is 1. The Morgan fingerprint density at radius 2 is 2.11 bits per heavy atom. The van der Waals surface area contributed by atoms with Gasteiger partial charge in [0.2, 0.25) is 11.7 Å². The van der Waals surface area contributed by atoms with Crippen molar-refractivity contribution in [3.63, 3.8) is 0 Å². The molecule has 0 aliphatic heterocycles. The van der Waals surface area contributed by atoms with Gasteiger partial charge in [-0.3, -0.25) is 0 Å². The maximum atomic E-state index is 11.1. The normalized spacial score (nSPS) is 10.6. The van der Waals surface area contributed by atoms with Crippen molar-refractivity contribution in [2.75, 3.05) is 0 Å². The van der Waals surface area contributed by atoms with E-state index in [9.17, 15) is 4.79 Å². The zero-order valence-electron chi connectivity index (χ0n) is 10.4. The fourth-order valence-electron chi connectivity index (χ4n) is 1.85. The standard InChI is InChI=1S/C14H15NO3/c1-3-6-11-12(14(16)17)18-13(15-11)10-8-5-4-7-9(10)2/h4-5,7-8H,3,6H2,1-2H3,(H,16,17). The molecule has 0 amide bonds.